The van der Waals surface area contributed by atoms with Crippen LogP contribution in [0.3, 0.4) is 0 Å². The van der Waals surface area contributed by atoms with Crippen molar-refractivity contribution in [1.29, 1.82) is 0 Å². The van der Waals surface area contributed by atoms with Crippen molar-refractivity contribution in [2.45, 2.75) is 32.6 Å². The first kappa shape index (κ1) is 13.0. The van der Waals surface area contributed by atoms with Gasteiger partial charge in [0, 0.05) is 6.42 Å². The van der Waals surface area contributed by atoms with Gasteiger partial charge < -0.3 is 8.92 Å². The quantitative estimate of drug-likeness (QED) is 0.555. The van der Waals surface area contributed by atoms with Crippen molar-refractivity contribution in [3.63, 3.8) is 0 Å². The molecule has 0 spiro atoms. The van der Waals surface area contributed by atoms with E-state index in [0.29, 0.717) is 18.4 Å². The van der Waals surface area contributed by atoms with Gasteiger partial charge in [0.15, 0.2) is 0 Å². The third-order valence-electron chi connectivity index (χ3n) is 2.19. The molecule has 0 saturated carbocycles. The summed E-state index contributed by atoms with van der Waals surface area (Å²) < 4.78 is 31.7. The summed E-state index contributed by atoms with van der Waals surface area (Å²) in [5, 5.41) is 0. The molecular formula is C10H16O5S. The third kappa shape index (κ3) is 3.84. The lowest BCUT2D eigenvalue weighted by atomic mass is 9.98. The van der Waals surface area contributed by atoms with Crippen LogP contribution in [0.2, 0.25) is 0 Å². The molecule has 0 heterocycles. The molecule has 0 aromatic heterocycles. The van der Waals surface area contributed by atoms with Gasteiger partial charge in [-0.1, -0.05) is 0 Å². The normalized spacial score (nSPS) is 17.1. The van der Waals surface area contributed by atoms with Crippen molar-refractivity contribution in [3.05, 3.63) is 11.3 Å². The van der Waals surface area contributed by atoms with Gasteiger partial charge in [-0.3, -0.25) is 0 Å². The molecule has 0 fully saturated rings. The lowest BCUT2D eigenvalue weighted by Crippen LogP contribution is -2.16. The fourth-order valence-electron chi connectivity index (χ4n) is 1.59. The van der Waals surface area contributed by atoms with Crippen molar-refractivity contribution < 1.29 is 22.1 Å². The van der Waals surface area contributed by atoms with E-state index in [1.54, 1.807) is 6.92 Å². The molecule has 92 valence electrons. The van der Waals surface area contributed by atoms with Crippen molar-refractivity contribution in [3.8, 4) is 0 Å². The average molecular weight is 248 g/mol. The molecule has 1 rings (SSSR count). The van der Waals surface area contributed by atoms with Gasteiger partial charge >= 0.3 is 16.1 Å². The number of rotatable bonds is 4. The third-order valence-corrected chi connectivity index (χ3v) is 2.69. The van der Waals surface area contributed by atoms with Crippen molar-refractivity contribution in [2.75, 3.05) is 12.9 Å². The molecule has 1 aliphatic carbocycles. The Morgan fingerprint density at radius 1 is 1.31 bits per heavy atom. The zero-order valence-electron chi connectivity index (χ0n) is 9.49. The minimum Gasteiger partial charge on any atom is -0.463 e. The summed E-state index contributed by atoms with van der Waals surface area (Å²) in [5.41, 5.74) is 0.360. The fourth-order valence-corrected chi connectivity index (χ4v) is 2.14. The second-order valence-electron chi connectivity index (χ2n) is 3.62. The monoisotopic (exact) mass is 248 g/mol. The molecule has 0 amide bonds. The van der Waals surface area contributed by atoms with E-state index in [0.717, 1.165) is 19.1 Å². The molecule has 0 atom stereocenters. The van der Waals surface area contributed by atoms with Gasteiger partial charge in [0.25, 0.3) is 0 Å². The number of carbonyl (C=O) groups is 1. The van der Waals surface area contributed by atoms with Crippen LogP contribution in [0, 0.1) is 0 Å². The summed E-state index contributed by atoms with van der Waals surface area (Å²) in [4.78, 5) is 11.5. The molecule has 6 heteroatoms. The molecule has 1 aliphatic rings. The lowest BCUT2D eigenvalue weighted by molar-refractivity contribution is -0.139. The van der Waals surface area contributed by atoms with E-state index in [2.05, 4.69) is 0 Å². The van der Waals surface area contributed by atoms with Crippen LogP contribution in [0.25, 0.3) is 0 Å². The Hall–Kier alpha value is -1.04. The highest BCUT2D eigenvalue weighted by Gasteiger charge is 2.23. The number of hydrogen-bond acceptors (Lipinski definition) is 5. The van der Waals surface area contributed by atoms with Gasteiger partial charge in [0.1, 0.15) is 5.76 Å². The molecular weight excluding hydrogens is 232 g/mol. The highest BCUT2D eigenvalue weighted by Crippen LogP contribution is 2.27. The Morgan fingerprint density at radius 2 is 1.94 bits per heavy atom. The Kier molecular flexibility index (Phi) is 4.35. The van der Waals surface area contributed by atoms with Gasteiger partial charge in [-0.05, 0) is 26.2 Å². The van der Waals surface area contributed by atoms with Gasteiger partial charge in [-0.2, -0.15) is 8.42 Å². The summed E-state index contributed by atoms with van der Waals surface area (Å²) >= 11 is 0. The van der Waals surface area contributed by atoms with Crippen molar-refractivity contribution in [1.82, 2.24) is 0 Å². The standard InChI is InChI=1S/C10H16O5S/c1-3-14-10(11)8-6-4-5-7-9(8)15-16(2,12)13/h3-7H2,1-2H3. The van der Waals surface area contributed by atoms with Crippen LogP contribution in [-0.2, 0) is 23.8 Å². The van der Waals surface area contributed by atoms with E-state index >= 15 is 0 Å². The number of ether oxygens (including phenoxy) is 1. The second-order valence-corrected chi connectivity index (χ2v) is 5.19. The van der Waals surface area contributed by atoms with Crippen LogP contribution in [0.5, 0.6) is 0 Å². The zero-order valence-corrected chi connectivity index (χ0v) is 10.3. The summed E-state index contributed by atoms with van der Waals surface area (Å²) in [6.07, 6.45) is 3.64. The first-order valence-electron chi connectivity index (χ1n) is 5.22. The van der Waals surface area contributed by atoms with Crippen LogP contribution in [0.15, 0.2) is 11.3 Å². The average Bonchev–Trinajstić information content (AvgIpc) is 2.16. The maximum atomic E-state index is 11.5. The molecule has 0 aromatic carbocycles. The van der Waals surface area contributed by atoms with Crippen LogP contribution in [-0.4, -0.2) is 27.2 Å². The van der Waals surface area contributed by atoms with Crippen molar-refractivity contribution in [2.24, 2.45) is 0 Å². The minimum absolute atomic E-state index is 0.243. The molecule has 0 N–H and O–H groups in total. The number of allylic oxidation sites excluding steroid dienone is 1. The Labute approximate surface area is 95.6 Å². The largest absolute Gasteiger partial charge is 0.463 e. The number of hydrogen-bond donors (Lipinski definition) is 0. The second kappa shape index (κ2) is 5.34. The van der Waals surface area contributed by atoms with Gasteiger partial charge in [0.2, 0.25) is 0 Å². The zero-order chi connectivity index (χ0) is 12.2. The van der Waals surface area contributed by atoms with E-state index in [1.165, 1.54) is 0 Å². The molecule has 0 radical (unpaired) electrons. The highest BCUT2D eigenvalue weighted by atomic mass is 32.2. The molecule has 16 heavy (non-hydrogen) atoms. The van der Waals surface area contributed by atoms with Gasteiger partial charge in [-0.25, -0.2) is 4.79 Å². The Bertz CT molecular complexity index is 393. The van der Waals surface area contributed by atoms with Crippen molar-refractivity contribution >= 4 is 16.1 Å². The molecule has 0 aliphatic heterocycles. The van der Waals surface area contributed by atoms with Crippen LogP contribution in [0.1, 0.15) is 32.6 Å². The first-order chi connectivity index (χ1) is 7.44. The summed E-state index contributed by atoms with van der Waals surface area (Å²) in [6, 6.07) is 0. The molecule has 0 bridgehead atoms. The smallest absolute Gasteiger partial charge is 0.337 e. The molecule has 0 aromatic rings. The van der Waals surface area contributed by atoms with Gasteiger partial charge in [0.05, 0.1) is 18.4 Å². The van der Waals surface area contributed by atoms with E-state index in [1.807, 2.05) is 0 Å². The van der Waals surface area contributed by atoms with E-state index in [9.17, 15) is 13.2 Å². The van der Waals surface area contributed by atoms with E-state index in [-0.39, 0.29) is 12.4 Å². The number of esters is 1. The lowest BCUT2D eigenvalue weighted by Gasteiger charge is -2.18. The maximum absolute atomic E-state index is 11.5. The van der Waals surface area contributed by atoms with Crippen LogP contribution in [0.4, 0.5) is 0 Å². The predicted octanol–water partition coefficient (Wildman–Crippen LogP) is 1.35. The molecule has 0 unspecified atom stereocenters. The predicted molar refractivity (Wildman–Crippen MR) is 58.1 cm³/mol. The first-order valence-corrected chi connectivity index (χ1v) is 7.04. The molecule has 5 nitrogen and oxygen atoms in total. The fraction of sp³-hybridized carbons (Fsp3) is 0.700. The van der Waals surface area contributed by atoms with Crippen LogP contribution < -0.4 is 0 Å². The topological polar surface area (TPSA) is 69.7 Å². The van der Waals surface area contributed by atoms with E-state index in [4.69, 9.17) is 8.92 Å². The van der Waals surface area contributed by atoms with Crippen LogP contribution >= 0.6 is 0 Å². The summed E-state index contributed by atoms with van der Waals surface area (Å²) in [5.74, 6) is -0.229. The summed E-state index contributed by atoms with van der Waals surface area (Å²) in [7, 11) is -3.57. The summed E-state index contributed by atoms with van der Waals surface area (Å²) in [6.45, 7) is 1.98. The number of carbonyl (C=O) groups excluding carboxylic acids is 1. The Balaban J connectivity index is 2.91. The maximum Gasteiger partial charge on any atom is 0.337 e. The SMILES string of the molecule is CCOC(=O)C1=C(OS(C)(=O)=O)CCCC1. The van der Waals surface area contributed by atoms with E-state index < -0.39 is 16.1 Å². The minimum atomic E-state index is -3.57. The van der Waals surface area contributed by atoms with Gasteiger partial charge in [-0.15, -0.1) is 0 Å². The molecule has 0 saturated heterocycles. The highest BCUT2D eigenvalue weighted by molar-refractivity contribution is 7.86. The Morgan fingerprint density at radius 3 is 2.50 bits per heavy atom.